The van der Waals surface area contributed by atoms with Crippen molar-refractivity contribution < 1.29 is 9.53 Å². The van der Waals surface area contributed by atoms with Gasteiger partial charge < -0.3 is 15.0 Å². The predicted octanol–water partition coefficient (Wildman–Crippen LogP) is 0.623. The number of amides is 1. The third kappa shape index (κ3) is 2.81. The highest BCUT2D eigenvalue weighted by Gasteiger charge is 2.18. The number of aromatic nitrogens is 2. The smallest absolute Gasteiger partial charge is 0.251 e. The first-order valence-electron chi connectivity index (χ1n) is 6.74. The quantitative estimate of drug-likeness (QED) is 0.861. The minimum Gasteiger partial charge on any atom is -0.374 e. The number of hydrogen-bond acceptors (Lipinski definition) is 4. The van der Waals surface area contributed by atoms with Gasteiger partial charge in [-0.05, 0) is 19.2 Å². The molecule has 1 aromatic heterocycles. The van der Waals surface area contributed by atoms with Crippen molar-refractivity contribution in [1.82, 2.24) is 20.4 Å². The molecule has 0 radical (unpaired) electrons. The molecule has 0 spiro atoms. The SMILES string of the molecule is CN1CCOC(CNC(=O)c2ccc3cn[nH]c3c2)C1. The monoisotopic (exact) mass is 274 g/mol. The van der Waals surface area contributed by atoms with Crippen LogP contribution in [0.15, 0.2) is 24.4 Å². The summed E-state index contributed by atoms with van der Waals surface area (Å²) in [6, 6.07) is 5.51. The normalized spacial score (nSPS) is 20.1. The van der Waals surface area contributed by atoms with E-state index in [0.29, 0.717) is 12.1 Å². The standard InChI is InChI=1S/C14H18N4O2/c1-18-4-5-20-12(9-18)8-15-14(19)10-2-3-11-7-16-17-13(11)6-10/h2-3,6-7,12H,4-5,8-9H2,1H3,(H,15,19)(H,16,17). The maximum absolute atomic E-state index is 12.1. The van der Waals surface area contributed by atoms with Crippen molar-refractivity contribution in [3.63, 3.8) is 0 Å². The lowest BCUT2D eigenvalue weighted by atomic mass is 10.1. The molecule has 0 aliphatic carbocycles. The van der Waals surface area contributed by atoms with Crippen LogP contribution in [0.4, 0.5) is 0 Å². The molecule has 2 aromatic rings. The van der Waals surface area contributed by atoms with Crippen LogP contribution < -0.4 is 5.32 Å². The summed E-state index contributed by atoms with van der Waals surface area (Å²) in [5, 5.41) is 10.7. The van der Waals surface area contributed by atoms with E-state index in [9.17, 15) is 4.79 Å². The second-order valence-corrected chi connectivity index (χ2v) is 5.14. The molecule has 1 aliphatic rings. The Kier molecular flexibility index (Phi) is 3.66. The van der Waals surface area contributed by atoms with E-state index >= 15 is 0 Å². The van der Waals surface area contributed by atoms with Crippen molar-refractivity contribution in [2.45, 2.75) is 6.10 Å². The van der Waals surface area contributed by atoms with E-state index in [2.05, 4.69) is 27.5 Å². The molecule has 1 fully saturated rings. The molecule has 1 amide bonds. The van der Waals surface area contributed by atoms with Gasteiger partial charge >= 0.3 is 0 Å². The van der Waals surface area contributed by atoms with Gasteiger partial charge in [0, 0.05) is 30.6 Å². The third-order valence-electron chi connectivity index (χ3n) is 3.54. The molecule has 1 atom stereocenters. The highest BCUT2D eigenvalue weighted by atomic mass is 16.5. The van der Waals surface area contributed by atoms with Crippen LogP contribution in [-0.2, 0) is 4.74 Å². The Morgan fingerprint density at radius 1 is 1.60 bits per heavy atom. The summed E-state index contributed by atoms with van der Waals surface area (Å²) >= 11 is 0. The van der Waals surface area contributed by atoms with Gasteiger partial charge in [0.2, 0.25) is 0 Å². The first-order chi connectivity index (χ1) is 9.72. The van der Waals surface area contributed by atoms with E-state index in [-0.39, 0.29) is 12.0 Å². The number of H-pyrrole nitrogens is 1. The number of aromatic amines is 1. The Balaban J connectivity index is 1.60. The number of likely N-dealkylation sites (N-methyl/N-ethyl adjacent to an activating group) is 1. The molecule has 20 heavy (non-hydrogen) atoms. The first-order valence-corrected chi connectivity index (χ1v) is 6.74. The van der Waals surface area contributed by atoms with Crippen LogP contribution in [0, 0.1) is 0 Å². The maximum atomic E-state index is 12.1. The zero-order valence-electron chi connectivity index (χ0n) is 11.4. The van der Waals surface area contributed by atoms with Crippen molar-refractivity contribution in [1.29, 1.82) is 0 Å². The van der Waals surface area contributed by atoms with Crippen molar-refractivity contribution in [2.75, 3.05) is 33.3 Å². The highest BCUT2D eigenvalue weighted by molar-refractivity contribution is 5.97. The van der Waals surface area contributed by atoms with E-state index in [4.69, 9.17) is 4.74 Å². The van der Waals surface area contributed by atoms with Crippen LogP contribution in [-0.4, -0.2) is 60.4 Å². The molecule has 0 saturated carbocycles. The van der Waals surface area contributed by atoms with Crippen LogP contribution in [0.2, 0.25) is 0 Å². The summed E-state index contributed by atoms with van der Waals surface area (Å²) in [6.07, 6.45) is 1.80. The van der Waals surface area contributed by atoms with Crippen LogP contribution in [0.25, 0.3) is 10.9 Å². The van der Waals surface area contributed by atoms with E-state index < -0.39 is 0 Å². The highest BCUT2D eigenvalue weighted by Crippen LogP contribution is 2.12. The summed E-state index contributed by atoms with van der Waals surface area (Å²) in [7, 11) is 2.06. The lowest BCUT2D eigenvalue weighted by Crippen LogP contribution is -2.45. The van der Waals surface area contributed by atoms with Gasteiger partial charge in [0.15, 0.2) is 0 Å². The Hall–Kier alpha value is -1.92. The van der Waals surface area contributed by atoms with Crippen LogP contribution in [0.5, 0.6) is 0 Å². The van der Waals surface area contributed by atoms with Gasteiger partial charge in [-0.3, -0.25) is 9.89 Å². The van der Waals surface area contributed by atoms with Crippen LogP contribution in [0.3, 0.4) is 0 Å². The Bertz CT molecular complexity index is 610. The summed E-state index contributed by atoms with van der Waals surface area (Å²) < 4.78 is 5.62. The Labute approximate surface area is 117 Å². The number of ether oxygens (including phenoxy) is 1. The van der Waals surface area contributed by atoms with Crippen molar-refractivity contribution in [3.05, 3.63) is 30.0 Å². The molecule has 106 valence electrons. The fourth-order valence-corrected chi connectivity index (χ4v) is 2.38. The molecule has 3 rings (SSSR count). The molecule has 6 heteroatoms. The number of morpholine rings is 1. The number of fused-ring (bicyclic) bond motifs is 1. The summed E-state index contributed by atoms with van der Waals surface area (Å²) in [6.45, 7) is 3.04. The average Bonchev–Trinajstić information content (AvgIpc) is 2.92. The van der Waals surface area contributed by atoms with Crippen molar-refractivity contribution in [2.24, 2.45) is 0 Å². The zero-order valence-corrected chi connectivity index (χ0v) is 11.4. The molecule has 1 aromatic carbocycles. The topological polar surface area (TPSA) is 70.2 Å². The molecule has 1 unspecified atom stereocenters. The van der Waals surface area contributed by atoms with Crippen LogP contribution in [0.1, 0.15) is 10.4 Å². The molecular weight excluding hydrogens is 256 g/mol. The third-order valence-corrected chi connectivity index (χ3v) is 3.54. The van der Waals surface area contributed by atoms with E-state index in [1.165, 1.54) is 0 Å². The molecule has 1 saturated heterocycles. The average molecular weight is 274 g/mol. The van der Waals surface area contributed by atoms with Gasteiger partial charge in [-0.25, -0.2) is 0 Å². The number of carbonyl (C=O) groups excluding carboxylic acids is 1. The second-order valence-electron chi connectivity index (χ2n) is 5.14. The number of benzene rings is 1. The predicted molar refractivity (Wildman–Crippen MR) is 75.7 cm³/mol. The summed E-state index contributed by atoms with van der Waals surface area (Å²) in [5.74, 6) is -0.0849. The van der Waals surface area contributed by atoms with Crippen molar-refractivity contribution >= 4 is 16.8 Å². The Morgan fingerprint density at radius 2 is 2.50 bits per heavy atom. The van der Waals surface area contributed by atoms with Gasteiger partial charge in [-0.1, -0.05) is 6.07 Å². The van der Waals surface area contributed by atoms with E-state index in [1.54, 1.807) is 12.3 Å². The molecule has 6 nitrogen and oxygen atoms in total. The second kappa shape index (κ2) is 5.60. The maximum Gasteiger partial charge on any atom is 0.251 e. The molecule has 2 N–H and O–H groups in total. The van der Waals surface area contributed by atoms with Gasteiger partial charge in [0.1, 0.15) is 0 Å². The number of nitrogens with zero attached hydrogens (tertiary/aromatic N) is 2. The van der Waals surface area contributed by atoms with Gasteiger partial charge in [0.05, 0.1) is 24.4 Å². The fourth-order valence-electron chi connectivity index (χ4n) is 2.38. The van der Waals surface area contributed by atoms with E-state index in [0.717, 1.165) is 30.6 Å². The summed E-state index contributed by atoms with van der Waals surface area (Å²) in [5.41, 5.74) is 1.50. The first kappa shape index (κ1) is 13.1. The number of hydrogen-bond donors (Lipinski definition) is 2. The number of nitrogens with one attached hydrogen (secondary N) is 2. The fraction of sp³-hybridized carbons (Fsp3) is 0.429. The molecule has 1 aliphatic heterocycles. The zero-order chi connectivity index (χ0) is 13.9. The Morgan fingerprint density at radius 3 is 3.35 bits per heavy atom. The van der Waals surface area contributed by atoms with Gasteiger partial charge in [0.25, 0.3) is 5.91 Å². The van der Waals surface area contributed by atoms with Gasteiger partial charge in [-0.2, -0.15) is 5.10 Å². The summed E-state index contributed by atoms with van der Waals surface area (Å²) in [4.78, 5) is 14.3. The lowest BCUT2D eigenvalue weighted by molar-refractivity contribution is -0.0175. The molecule has 2 heterocycles. The molecule has 0 bridgehead atoms. The van der Waals surface area contributed by atoms with Crippen molar-refractivity contribution in [3.8, 4) is 0 Å². The largest absolute Gasteiger partial charge is 0.374 e. The minimum atomic E-state index is -0.0849. The van der Waals surface area contributed by atoms with Gasteiger partial charge in [-0.15, -0.1) is 0 Å². The minimum absolute atomic E-state index is 0.0635. The number of carbonyl (C=O) groups is 1. The number of rotatable bonds is 3. The van der Waals surface area contributed by atoms with E-state index in [1.807, 2.05) is 12.1 Å². The molecular formula is C14H18N4O2. The van der Waals surface area contributed by atoms with Crippen LogP contribution >= 0.6 is 0 Å². The lowest BCUT2D eigenvalue weighted by Gasteiger charge is -2.30.